The molecule has 0 aromatic rings. The Morgan fingerprint density at radius 2 is 2.50 bits per heavy atom. The largest absolute Gasteiger partial charge is 0.392 e. The molecule has 0 fully saturated rings. The summed E-state index contributed by atoms with van der Waals surface area (Å²) in [6, 6.07) is 0. The molecule has 1 heterocycles. The van der Waals surface area contributed by atoms with E-state index in [0.29, 0.717) is 6.10 Å². The summed E-state index contributed by atoms with van der Waals surface area (Å²) in [6.45, 7) is 2.21. The van der Waals surface area contributed by atoms with E-state index in [1.807, 2.05) is 6.21 Å². The first kappa shape index (κ1) is 7.58. The Morgan fingerprint density at radius 1 is 1.60 bits per heavy atom. The van der Waals surface area contributed by atoms with E-state index in [1.165, 1.54) is 25.7 Å². The predicted octanol–water partition coefficient (Wildman–Crippen LogP) is 2.34. The molecule has 0 amide bonds. The van der Waals surface area contributed by atoms with Gasteiger partial charge in [-0.1, -0.05) is 24.9 Å². The molecule has 1 atom stereocenters. The summed E-state index contributed by atoms with van der Waals surface area (Å²) in [7, 11) is 0. The van der Waals surface area contributed by atoms with Crippen molar-refractivity contribution in [1.29, 1.82) is 0 Å². The summed E-state index contributed by atoms with van der Waals surface area (Å²) >= 11 is 0. The van der Waals surface area contributed by atoms with Crippen LogP contribution >= 0.6 is 0 Å². The highest BCUT2D eigenvalue weighted by Crippen LogP contribution is 2.12. The van der Waals surface area contributed by atoms with Crippen LogP contribution in [0.5, 0.6) is 0 Å². The van der Waals surface area contributed by atoms with Gasteiger partial charge in [0.05, 0.1) is 0 Å². The van der Waals surface area contributed by atoms with Crippen LogP contribution < -0.4 is 0 Å². The second-order valence-corrected chi connectivity index (χ2v) is 2.75. The van der Waals surface area contributed by atoms with E-state index in [1.54, 1.807) is 0 Å². The van der Waals surface area contributed by atoms with Crippen molar-refractivity contribution < 1.29 is 4.84 Å². The van der Waals surface area contributed by atoms with Crippen molar-refractivity contribution in [2.75, 3.05) is 0 Å². The summed E-state index contributed by atoms with van der Waals surface area (Å²) < 4.78 is 0. The number of oxime groups is 1. The number of hydrogen-bond donors (Lipinski definition) is 0. The molecule has 1 unspecified atom stereocenters. The SMILES string of the molecule is CCCCCC1CC=NO1. The van der Waals surface area contributed by atoms with Gasteiger partial charge in [0.2, 0.25) is 0 Å². The third-order valence-electron chi connectivity index (χ3n) is 1.78. The zero-order valence-electron chi connectivity index (χ0n) is 6.55. The van der Waals surface area contributed by atoms with E-state index in [4.69, 9.17) is 4.84 Å². The van der Waals surface area contributed by atoms with Crippen LogP contribution in [0.25, 0.3) is 0 Å². The number of rotatable bonds is 4. The van der Waals surface area contributed by atoms with E-state index in [2.05, 4.69) is 12.1 Å². The molecule has 0 spiro atoms. The van der Waals surface area contributed by atoms with E-state index >= 15 is 0 Å². The summed E-state index contributed by atoms with van der Waals surface area (Å²) in [4.78, 5) is 5.07. The Balaban J connectivity index is 1.93. The third kappa shape index (κ3) is 2.38. The minimum Gasteiger partial charge on any atom is -0.392 e. The minimum absolute atomic E-state index is 0.395. The van der Waals surface area contributed by atoms with Crippen LogP contribution in [0.3, 0.4) is 0 Å². The molecule has 1 rings (SSSR count). The molecule has 1 aliphatic heterocycles. The van der Waals surface area contributed by atoms with Crippen LogP contribution in [-0.4, -0.2) is 12.3 Å². The molecular formula is C8H15NO. The van der Waals surface area contributed by atoms with Crippen molar-refractivity contribution in [2.24, 2.45) is 5.16 Å². The summed E-state index contributed by atoms with van der Waals surface area (Å²) in [5, 5.41) is 3.72. The van der Waals surface area contributed by atoms with Crippen molar-refractivity contribution in [3.05, 3.63) is 0 Å². The van der Waals surface area contributed by atoms with Crippen molar-refractivity contribution in [1.82, 2.24) is 0 Å². The first-order valence-corrected chi connectivity index (χ1v) is 4.11. The lowest BCUT2D eigenvalue weighted by atomic mass is 10.1. The molecule has 0 aromatic carbocycles. The summed E-state index contributed by atoms with van der Waals surface area (Å²) in [5.41, 5.74) is 0. The minimum atomic E-state index is 0.395. The van der Waals surface area contributed by atoms with Crippen molar-refractivity contribution >= 4 is 6.21 Å². The van der Waals surface area contributed by atoms with Crippen molar-refractivity contribution in [3.63, 3.8) is 0 Å². The topological polar surface area (TPSA) is 21.6 Å². The van der Waals surface area contributed by atoms with Crippen LogP contribution in [0.2, 0.25) is 0 Å². The second-order valence-electron chi connectivity index (χ2n) is 2.75. The fourth-order valence-electron chi connectivity index (χ4n) is 1.13. The molecule has 0 saturated carbocycles. The Hall–Kier alpha value is -0.530. The first-order chi connectivity index (χ1) is 4.93. The summed E-state index contributed by atoms with van der Waals surface area (Å²) in [6.07, 6.45) is 8.33. The lowest BCUT2D eigenvalue weighted by molar-refractivity contribution is 0.0772. The van der Waals surface area contributed by atoms with E-state index in [9.17, 15) is 0 Å². The molecule has 1 aliphatic rings. The maximum absolute atomic E-state index is 5.07. The average Bonchev–Trinajstić information content (AvgIpc) is 2.41. The van der Waals surface area contributed by atoms with E-state index < -0.39 is 0 Å². The molecule has 10 heavy (non-hydrogen) atoms. The zero-order valence-corrected chi connectivity index (χ0v) is 6.55. The molecule has 0 saturated heterocycles. The number of nitrogens with zero attached hydrogens (tertiary/aromatic N) is 1. The third-order valence-corrected chi connectivity index (χ3v) is 1.78. The van der Waals surface area contributed by atoms with Gasteiger partial charge in [0.25, 0.3) is 0 Å². The Labute approximate surface area is 62.3 Å². The monoisotopic (exact) mass is 141 g/mol. The van der Waals surface area contributed by atoms with Gasteiger partial charge in [0.15, 0.2) is 0 Å². The fraction of sp³-hybridized carbons (Fsp3) is 0.875. The fourth-order valence-corrected chi connectivity index (χ4v) is 1.13. The molecule has 0 aliphatic carbocycles. The Kier molecular flexibility index (Phi) is 3.27. The zero-order chi connectivity index (χ0) is 7.23. The van der Waals surface area contributed by atoms with Gasteiger partial charge in [-0.2, -0.15) is 0 Å². The lowest BCUT2D eigenvalue weighted by Gasteiger charge is -2.05. The van der Waals surface area contributed by atoms with Crippen molar-refractivity contribution in [2.45, 2.75) is 45.1 Å². The van der Waals surface area contributed by atoms with Gasteiger partial charge in [-0.25, -0.2) is 0 Å². The van der Waals surface area contributed by atoms with Gasteiger partial charge in [-0.05, 0) is 12.8 Å². The van der Waals surface area contributed by atoms with Gasteiger partial charge < -0.3 is 4.84 Å². The molecule has 0 N–H and O–H groups in total. The van der Waals surface area contributed by atoms with Gasteiger partial charge in [-0.15, -0.1) is 0 Å². The van der Waals surface area contributed by atoms with E-state index in [-0.39, 0.29) is 0 Å². The molecule has 58 valence electrons. The molecular weight excluding hydrogens is 126 g/mol. The van der Waals surface area contributed by atoms with E-state index in [0.717, 1.165) is 6.42 Å². The smallest absolute Gasteiger partial charge is 0.132 e. The number of unbranched alkanes of at least 4 members (excludes halogenated alkanes) is 2. The molecule has 0 bridgehead atoms. The second kappa shape index (κ2) is 4.31. The van der Waals surface area contributed by atoms with Crippen LogP contribution in [0, 0.1) is 0 Å². The standard InChI is InChI=1S/C8H15NO/c1-2-3-4-5-8-6-7-9-10-8/h7-8H,2-6H2,1H3. The van der Waals surface area contributed by atoms with Gasteiger partial charge in [-0.3, -0.25) is 0 Å². The Morgan fingerprint density at radius 3 is 3.10 bits per heavy atom. The van der Waals surface area contributed by atoms with Crippen LogP contribution in [0.15, 0.2) is 5.16 Å². The maximum atomic E-state index is 5.07. The number of hydrogen-bond acceptors (Lipinski definition) is 2. The van der Waals surface area contributed by atoms with Gasteiger partial charge in [0.1, 0.15) is 6.10 Å². The predicted molar refractivity (Wildman–Crippen MR) is 42.1 cm³/mol. The molecule has 2 nitrogen and oxygen atoms in total. The Bertz CT molecular complexity index is 104. The quantitative estimate of drug-likeness (QED) is 0.551. The van der Waals surface area contributed by atoms with Crippen LogP contribution in [-0.2, 0) is 4.84 Å². The highest BCUT2D eigenvalue weighted by atomic mass is 16.6. The normalized spacial score (nSPS) is 23.1. The van der Waals surface area contributed by atoms with Crippen LogP contribution in [0.4, 0.5) is 0 Å². The molecule has 0 radical (unpaired) electrons. The first-order valence-electron chi connectivity index (χ1n) is 4.11. The lowest BCUT2D eigenvalue weighted by Crippen LogP contribution is -2.03. The highest BCUT2D eigenvalue weighted by Gasteiger charge is 2.11. The maximum Gasteiger partial charge on any atom is 0.132 e. The highest BCUT2D eigenvalue weighted by molar-refractivity contribution is 5.58. The summed E-state index contributed by atoms with van der Waals surface area (Å²) in [5.74, 6) is 0. The van der Waals surface area contributed by atoms with Crippen molar-refractivity contribution in [3.8, 4) is 0 Å². The molecule has 0 aromatic heterocycles. The van der Waals surface area contributed by atoms with Gasteiger partial charge >= 0.3 is 0 Å². The van der Waals surface area contributed by atoms with Gasteiger partial charge in [0, 0.05) is 12.6 Å². The average molecular weight is 141 g/mol. The molecule has 2 heteroatoms. The van der Waals surface area contributed by atoms with Crippen LogP contribution in [0.1, 0.15) is 39.0 Å².